The number of nitrogens with one attached hydrogen (secondary N) is 1. The Labute approximate surface area is 110 Å². The highest BCUT2D eigenvalue weighted by Crippen LogP contribution is 2.28. The van der Waals surface area contributed by atoms with Crippen molar-refractivity contribution in [3.05, 3.63) is 29.8 Å². The summed E-state index contributed by atoms with van der Waals surface area (Å²) in [6.07, 6.45) is -1.01. The molecule has 1 amide bonds. The summed E-state index contributed by atoms with van der Waals surface area (Å²) < 4.78 is 31.1. The molecule has 0 spiro atoms. The number of anilines is 1. The number of hydrogen-bond donors (Lipinski definition) is 1. The van der Waals surface area contributed by atoms with E-state index in [4.69, 9.17) is 0 Å². The molecule has 0 bridgehead atoms. The van der Waals surface area contributed by atoms with Crippen molar-refractivity contribution in [1.29, 1.82) is 0 Å². The second-order valence-corrected chi connectivity index (χ2v) is 5.46. The highest BCUT2D eigenvalue weighted by atomic mass is 32.2. The third-order valence-electron chi connectivity index (χ3n) is 2.70. The summed E-state index contributed by atoms with van der Waals surface area (Å²) in [6.45, 7) is -0.0117. The van der Waals surface area contributed by atoms with Crippen molar-refractivity contribution in [1.82, 2.24) is 4.72 Å². The van der Waals surface area contributed by atoms with Gasteiger partial charge >= 0.3 is 16.3 Å². The zero-order valence-electron chi connectivity index (χ0n) is 10.1. The third-order valence-corrected chi connectivity index (χ3v) is 4.09. The highest BCUT2D eigenvalue weighted by molar-refractivity contribution is 7.91. The van der Waals surface area contributed by atoms with Gasteiger partial charge in [0.15, 0.2) is 5.78 Å². The van der Waals surface area contributed by atoms with Crippen LogP contribution in [0.2, 0.25) is 0 Å². The van der Waals surface area contributed by atoms with Crippen molar-refractivity contribution in [2.24, 2.45) is 0 Å². The summed E-state index contributed by atoms with van der Waals surface area (Å²) in [6, 6.07) is 6.35. The maximum absolute atomic E-state index is 12.0. The average molecular weight is 284 g/mol. The number of methoxy groups -OCH3 is 1. The number of benzene rings is 1. The Balaban J connectivity index is 2.40. The molecule has 0 unspecified atom stereocenters. The predicted molar refractivity (Wildman–Crippen MR) is 67.2 cm³/mol. The van der Waals surface area contributed by atoms with Gasteiger partial charge in [-0.05, 0) is 12.1 Å². The number of Topliss-reactive ketones (excluding diaryl/α,β-unsaturated/α-hetero) is 1. The van der Waals surface area contributed by atoms with E-state index in [-0.39, 0.29) is 24.4 Å². The molecule has 102 valence electrons. The first-order chi connectivity index (χ1) is 8.95. The Bertz CT molecular complexity index is 626. The fourth-order valence-corrected chi connectivity index (χ4v) is 2.99. The number of carbonyl (C=O) groups excluding carboxylic acids is 2. The Morgan fingerprint density at radius 3 is 2.74 bits per heavy atom. The van der Waals surface area contributed by atoms with Gasteiger partial charge in [-0.1, -0.05) is 12.1 Å². The van der Waals surface area contributed by atoms with E-state index >= 15 is 0 Å². The van der Waals surface area contributed by atoms with Crippen LogP contribution in [-0.2, 0) is 14.9 Å². The monoisotopic (exact) mass is 284 g/mol. The minimum absolute atomic E-state index is 0.0117. The van der Waals surface area contributed by atoms with Crippen LogP contribution in [0.4, 0.5) is 10.5 Å². The average Bonchev–Trinajstić information content (AvgIpc) is 2.38. The van der Waals surface area contributed by atoms with E-state index in [9.17, 15) is 18.0 Å². The normalized spacial score (nSPS) is 14.8. The summed E-state index contributed by atoms with van der Waals surface area (Å²) in [5.41, 5.74) is 0.583. The summed E-state index contributed by atoms with van der Waals surface area (Å²) >= 11 is 0. The molecule has 0 fully saturated rings. The molecule has 7 nitrogen and oxygen atoms in total. The van der Waals surface area contributed by atoms with Gasteiger partial charge in [-0.2, -0.15) is 8.42 Å². The lowest BCUT2D eigenvalue weighted by molar-refractivity contribution is 0.0982. The SMILES string of the molecule is COC(=O)NS(=O)(=O)N1CCC(=O)c2ccccc21. The van der Waals surface area contributed by atoms with Crippen LogP contribution in [0.25, 0.3) is 0 Å². The van der Waals surface area contributed by atoms with Crippen molar-refractivity contribution >= 4 is 27.8 Å². The van der Waals surface area contributed by atoms with E-state index in [1.165, 1.54) is 6.07 Å². The van der Waals surface area contributed by atoms with E-state index < -0.39 is 16.3 Å². The Morgan fingerprint density at radius 1 is 1.37 bits per heavy atom. The minimum Gasteiger partial charge on any atom is -0.452 e. The van der Waals surface area contributed by atoms with Gasteiger partial charge in [-0.3, -0.25) is 9.10 Å². The molecule has 1 N–H and O–H groups in total. The van der Waals surface area contributed by atoms with E-state index in [2.05, 4.69) is 4.74 Å². The third kappa shape index (κ3) is 2.53. The molecule has 1 aromatic rings. The van der Waals surface area contributed by atoms with Crippen molar-refractivity contribution in [3.63, 3.8) is 0 Å². The number of amides is 1. The van der Waals surface area contributed by atoms with Crippen LogP contribution in [0.1, 0.15) is 16.8 Å². The van der Waals surface area contributed by atoms with Gasteiger partial charge < -0.3 is 4.74 Å². The number of hydrogen-bond acceptors (Lipinski definition) is 5. The fraction of sp³-hybridized carbons (Fsp3) is 0.273. The van der Waals surface area contributed by atoms with Crippen LogP contribution in [0.5, 0.6) is 0 Å². The van der Waals surface area contributed by atoms with E-state index in [1.807, 2.05) is 0 Å². The standard InChI is InChI=1S/C11H12N2O5S/c1-18-11(15)12-19(16,17)13-7-6-10(14)8-4-2-3-5-9(8)13/h2-5H,6-7H2,1H3,(H,12,15). The van der Waals surface area contributed by atoms with Crippen LogP contribution < -0.4 is 9.03 Å². The summed E-state index contributed by atoms with van der Waals surface area (Å²) in [5, 5.41) is 0. The Morgan fingerprint density at radius 2 is 2.05 bits per heavy atom. The predicted octanol–water partition coefficient (Wildman–Crippen LogP) is 0.680. The number of ketones is 1. The smallest absolute Gasteiger partial charge is 0.422 e. The molecule has 0 saturated heterocycles. The van der Waals surface area contributed by atoms with Crippen LogP contribution in [0.15, 0.2) is 24.3 Å². The van der Waals surface area contributed by atoms with Gasteiger partial charge in [-0.15, -0.1) is 0 Å². The molecular weight excluding hydrogens is 272 g/mol. The van der Waals surface area contributed by atoms with Gasteiger partial charge in [0.1, 0.15) is 0 Å². The quantitative estimate of drug-likeness (QED) is 0.862. The first-order valence-corrected chi connectivity index (χ1v) is 6.90. The lowest BCUT2D eigenvalue weighted by atomic mass is 10.0. The zero-order chi connectivity index (χ0) is 14.0. The van der Waals surface area contributed by atoms with Gasteiger partial charge in [0, 0.05) is 18.5 Å². The second-order valence-electron chi connectivity index (χ2n) is 3.86. The van der Waals surface area contributed by atoms with Gasteiger partial charge in [0.25, 0.3) is 0 Å². The lowest BCUT2D eigenvalue weighted by Crippen LogP contribution is -2.46. The molecule has 2 rings (SSSR count). The van der Waals surface area contributed by atoms with Crippen LogP contribution >= 0.6 is 0 Å². The molecule has 1 aromatic carbocycles. The molecular formula is C11H12N2O5S. The van der Waals surface area contributed by atoms with Crippen molar-refractivity contribution in [2.45, 2.75) is 6.42 Å². The summed E-state index contributed by atoms with van der Waals surface area (Å²) in [5.74, 6) is -0.125. The molecule has 0 aromatic heterocycles. The summed E-state index contributed by atoms with van der Waals surface area (Å²) in [7, 11) is -3.01. The highest BCUT2D eigenvalue weighted by Gasteiger charge is 2.32. The molecule has 0 atom stereocenters. The first-order valence-electron chi connectivity index (χ1n) is 5.46. The molecule has 1 heterocycles. The lowest BCUT2D eigenvalue weighted by Gasteiger charge is -2.29. The van der Waals surface area contributed by atoms with Crippen molar-refractivity contribution < 1.29 is 22.7 Å². The number of nitrogens with zero attached hydrogens (tertiary/aromatic N) is 1. The Kier molecular flexibility index (Phi) is 3.43. The number of carbonyl (C=O) groups is 2. The number of fused-ring (bicyclic) bond motifs is 1. The Hall–Kier alpha value is -2.09. The van der Waals surface area contributed by atoms with Crippen molar-refractivity contribution in [2.75, 3.05) is 18.0 Å². The van der Waals surface area contributed by atoms with Gasteiger partial charge in [0.05, 0.1) is 12.8 Å². The molecule has 0 aliphatic carbocycles. The van der Waals surface area contributed by atoms with Crippen LogP contribution in [-0.4, -0.2) is 33.9 Å². The molecule has 8 heteroatoms. The summed E-state index contributed by atoms with van der Waals surface area (Å²) in [4.78, 5) is 22.7. The molecule has 0 saturated carbocycles. The minimum atomic E-state index is -4.07. The van der Waals surface area contributed by atoms with Gasteiger partial charge in [-0.25, -0.2) is 9.52 Å². The maximum atomic E-state index is 12.0. The maximum Gasteiger partial charge on any atom is 0.422 e. The topological polar surface area (TPSA) is 92.8 Å². The molecule has 19 heavy (non-hydrogen) atoms. The van der Waals surface area contributed by atoms with Crippen LogP contribution in [0, 0.1) is 0 Å². The van der Waals surface area contributed by atoms with Crippen molar-refractivity contribution in [3.8, 4) is 0 Å². The molecule has 1 aliphatic rings. The van der Waals surface area contributed by atoms with E-state index in [0.29, 0.717) is 5.56 Å². The second kappa shape index (κ2) is 4.88. The number of rotatable bonds is 2. The van der Waals surface area contributed by atoms with Gasteiger partial charge in [0.2, 0.25) is 0 Å². The largest absolute Gasteiger partial charge is 0.452 e. The number of ether oxygens (including phenoxy) is 1. The number of para-hydroxylation sites is 1. The molecule has 1 aliphatic heterocycles. The van der Waals surface area contributed by atoms with Crippen LogP contribution in [0.3, 0.4) is 0 Å². The van der Waals surface area contributed by atoms with E-state index in [0.717, 1.165) is 11.4 Å². The first kappa shape index (κ1) is 13.3. The molecule has 0 radical (unpaired) electrons. The van der Waals surface area contributed by atoms with E-state index in [1.54, 1.807) is 22.9 Å². The fourth-order valence-electron chi connectivity index (χ4n) is 1.84. The zero-order valence-corrected chi connectivity index (χ0v) is 10.9.